The number of ether oxygens (including phenoxy) is 2. The van der Waals surface area contributed by atoms with Crippen molar-refractivity contribution in [2.24, 2.45) is 0 Å². The number of hydrogen-bond acceptors (Lipinski definition) is 5. The lowest BCUT2D eigenvalue weighted by molar-refractivity contribution is -0.161. The van der Waals surface area contributed by atoms with Gasteiger partial charge in [0.15, 0.2) is 6.10 Å². The number of rotatable bonds is 50. The first-order valence-electron chi connectivity index (χ1n) is 28.4. The number of unbranched alkanes of at least 4 members (excludes halogenated alkanes) is 18. The maximum atomic E-state index is 12.3. The van der Waals surface area contributed by atoms with Crippen molar-refractivity contribution in [3.8, 4) is 0 Å². The first-order valence-corrected chi connectivity index (χ1v) is 28.4. The Bertz CT molecular complexity index is 1510. The van der Waals surface area contributed by atoms with Crippen LogP contribution in [0.3, 0.4) is 0 Å². The van der Waals surface area contributed by atoms with Gasteiger partial charge >= 0.3 is 11.9 Å². The lowest BCUT2D eigenvalue weighted by Crippen LogP contribution is -2.28. The topological polar surface area (TPSA) is 72.8 Å². The number of esters is 2. The minimum absolute atomic E-state index is 0.0796. The van der Waals surface area contributed by atoms with Crippen LogP contribution in [0.25, 0.3) is 0 Å². The van der Waals surface area contributed by atoms with Gasteiger partial charge in [0.2, 0.25) is 0 Å². The van der Waals surface area contributed by atoms with Crippen LogP contribution in [0.15, 0.2) is 146 Å². The summed E-state index contributed by atoms with van der Waals surface area (Å²) in [7, 11) is 0. The van der Waals surface area contributed by atoms with E-state index in [1.165, 1.54) is 83.5 Å². The Balaban J connectivity index is 3.58. The Kier molecular flexibility index (Phi) is 55.5. The first-order chi connectivity index (χ1) is 34.6. The predicted octanol–water partition coefficient (Wildman–Crippen LogP) is 19.4. The third-order valence-electron chi connectivity index (χ3n) is 11.6. The quantitative estimate of drug-likeness (QED) is 0.0374. The Morgan fingerprint density at radius 3 is 0.857 bits per heavy atom. The highest BCUT2D eigenvalue weighted by Crippen LogP contribution is 2.14. The Hall–Kier alpha value is -4.22. The first kappa shape index (κ1) is 65.8. The van der Waals surface area contributed by atoms with Crippen LogP contribution >= 0.6 is 0 Å². The largest absolute Gasteiger partial charge is 0.462 e. The van der Waals surface area contributed by atoms with E-state index in [-0.39, 0.29) is 25.2 Å². The molecule has 0 heterocycles. The third kappa shape index (κ3) is 56.4. The molecule has 1 unspecified atom stereocenters. The van der Waals surface area contributed by atoms with Gasteiger partial charge in [0, 0.05) is 12.8 Å². The lowest BCUT2D eigenvalue weighted by atomic mass is 10.0. The number of allylic oxidation sites excluding steroid dienone is 24. The van der Waals surface area contributed by atoms with Crippen molar-refractivity contribution in [3.05, 3.63) is 146 Å². The second-order valence-corrected chi connectivity index (χ2v) is 18.2. The van der Waals surface area contributed by atoms with Crippen LogP contribution in [0.2, 0.25) is 0 Å². The minimum Gasteiger partial charge on any atom is -0.462 e. The van der Waals surface area contributed by atoms with Gasteiger partial charge < -0.3 is 14.6 Å². The molecule has 0 radical (unpaired) electrons. The summed E-state index contributed by atoms with van der Waals surface area (Å²) in [6.07, 6.45) is 89.6. The van der Waals surface area contributed by atoms with Crippen molar-refractivity contribution < 1.29 is 24.2 Å². The van der Waals surface area contributed by atoms with E-state index < -0.39 is 6.10 Å². The summed E-state index contributed by atoms with van der Waals surface area (Å²) in [6, 6.07) is 0. The highest BCUT2D eigenvalue weighted by Gasteiger charge is 2.16. The molecule has 70 heavy (non-hydrogen) atoms. The van der Waals surface area contributed by atoms with Crippen molar-refractivity contribution in [1.29, 1.82) is 0 Å². The van der Waals surface area contributed by atoms with Crippen LogP contribution < -0.4 is 0 Å². The Morgan fingerprint density at radius 1 is 0.329 bits per heavy atom. The van der Waals surface area contributed by atoms with Crippen molar-refractivity contribution >= 4 is 11.9 Å². The Morgan fingerprint density at radius 2 is 0.571 bits per heavy atom. The van der Waals surface area contributed by atoms with Crippen LogP contribution in [0.5, 0.6) is 0 Å². The average molecular weight is 966 g/mol. The zero-order chi connectivity index (χ0) is 50.6. The number of hydrogen-bond donors (Lipinski definition) is 1. The summed E-state index contributed by atoms with van der Waals surface area (Å²) in [5.74, 6) is -0.613. The van der Waals surface area contributed by atoms with Crippen LogP contribution in [0.1, 0.15) is 232 Å². The Labute approximate surface area is 431 Å². The van der Waals surface area contributed by atoms with Crippen LogP contribution in [-0.4, -0.2) is 36.4 Å². The summed E-state index contributed by atoms with van der Waals surface area (Å²) in [5, 5.41) is 9.64. The van der Waals surface area contributed by atoms with Gasteiger partial charge in [-0.2, -0.15) is 0 Å². The maximum absolute atomic E-state index is 12.3. The van der Waals surface area contributed by atoms with E-state index in [1.54, 1.807) is 0 Å². The molecule has 0 saturated heterocycles. The van der Waals surface area contributed by atoms with Gasteiger partial charge in [-0.15, -0.1) is 0 Å². The lowest BCUT2D eigenvalue weighted by Gasteiger charge is -2.15. The van der Waals surface area contributed by atoms with E-state index in [4.69, 9.17) is 9.47 Å². The molecule has 0 amide bonds. The maximum Gasteiger partial charge on any atom is 0.306 e. The average Bonchev–Trinajstić information content (AvgIpc) is 3.36. The zero-order valence-electron chi connectivity index (χ0n) is 45.0. The van der Waals surface area contributed by atoms with Crippen molar-refractivity contribution in [1.82, 2.24) is 0 Å². The van der Waals surface area contributed by atoms with Crippen molar-refractivity contribution in [3.63, 3.8) is 0 Å². The molecule has 0 aliphatic carbocycles. The molecule has 0 aliphatic heterocycles. The fourth-order valence-corrected chi connectivity index (χ4v) is 7.44. The van der Waals surface area contributed by atoms with Crippen molar-refractivity contribution in [2.45, 2.75) is 238 Å². The standard InChI is InChI=1S/C65H104O5/c1-3-5-7-9-11-13-15-17-19-21-22-23-24-25-26-27-28-29-30-31-32-33-34-35-36-37-38-39-40-41-42-44-46-48-50-52-54-56-58-60-65(68)70-63(61-66)62-69-64(67)59-57-55-53-51-49-47-45-43-20-18-16-14-12-10-8-6-4-2/h5-8,11-14,17-20,22-23,25-26,28-29,31-32,34-35,37-38,63,66H,3-4,9-10,15-16,21,24,27,30,33,36,39-62H2,1-2H3/b7-5-,8-6-,13-11-,14-12-,19-17-,20-18-,23-22-,26-25-,29-28-,32-31-,35-34-,38-37-. The smallest absolute Gasteiger partial charge is 0.306 e. The summed E-state index contributed by atoms with van der Waals surface area (Å²) >= 11 is 0. The van der Waals surface area contributed by atoms with Gasteiger partial charge in [-0.3, -0.25) is 9.59 Å². The molecule has 0 aliphatic rings. The number of carbonyl (C=O) groups excluding carboxylic acids is 2. The summed E-state index contributed by atoms with van der Waals surface area (Å²) < 4.78 is 10.7. The molecule has 5 heteroatoms. The third-order valence-corrected chi connectivity index (χ3v) is 11.6. The molecule has 1 N–H and O–H groups in total. The fraction of sp³-hybridized carbons (Fsp3) is 0.600. The van der Waals surface area contributed by atoms with E-state index in [0.29, 0.717) is 12.8 Å². The van der Waals surface area contributed by atoms with Gasteiger partial charge in [-0.25, -0.2) is 0 Å². The molecule has 394 valence electrons. The van der Waals surface area contributed by atoms with Crippen molar-refractivity contribution in [2.75, 3.05) is 13.2 Å². The molecule has 0 saturated carbocycles. The normalized spacial score (nSPS) is 13.4. The molecular formula is C65H104O5. The highest BCUT2D eigenvalue weighted by molar-refractivity contribution is 5.70. The molecule has 0 spiro atoms. The molecule has 0 aromatic heterocycles. The zero-order valence-corrected chi connectivity index (χ0v) is 45.0. The molecule has 1 atom stereocenters. The molecule has 0 rings (SSSR count). The number of aliphatic hydroxyl groups excluding tert-OH is 1. The fourth-order valence-electron chi connectivity index (χ4n) is 7.44. The van der Waals surface area contributed by atoms with Crippen LogP contribution in [0.4, 0.5) is 0 Å². The molecule has 0 fully saturated rings. The van der Waals surface area contributed by atoms with E-state index in [1.807, 2.05) is 0 Å². The minimum atomic E-state index is -0.788. The number of aliphatic hydroxyl groups is 1. The van der Waals surface area contributed by atoms with E-state index in [9.17, 15) is 14.7 Å². The molecular weight excluding hydrogens is 861 g/mol. The molecule has 0 bridgehead atoms. The monoisotopic (exact) mass is 965 g/mol. The molecule has 5 nitrogen and oxygen atoms in total. The molecule has 0 aromatic carbocycles. The summed E-state index contributed by atoms with van der Waals surface area (Å²) in [4.78, 5) is 24.5. The van der Waals surface area contributed by atoms with E-state index in [2.05, 4.69) is 160 Å². The summed E-state index contributed by atoms with van der Waals surface area (Å²) in [6.45, 7) is 3.90. The SMILES string of the molecule is CC/C=C\C/C=C\C/C=C\C/C=C\C/C=C\C/C=C\C/C=C\C/C=C\C/C=C\CCCCCCCCCCCCCC(=O)OC(CO)COC(=O)CCCCCCCCC/C=C\C/C=C\C/C=C\CC. The highest BCUT2D eigenvalue weighted by atomic mass is 16.6. The van der Waals surface area contributed by atoms with Crippen LogP contribution in [-0.2, 0) is 19.1 Å². The van der Waals surface area contributed by atoms with Crippen LogP contribution in [0, 0.1) is 0 Å². The van der Waals surface area contributed by atoms with Gasteiger partial charge in [-0.05, 0) is 116 Å². The van der Waals surface area contributed by atoms with E-state index >= 15 is 0 Å². The summed E-state index contributed by atoms with van der Waals surface area (Å²) in [5.41, 5.74) is 0. The second kappa shape index (κ2) is 59.1. The van der Waals surface area contributed by atoms with Gasteiger partial charge in [0.25, 0.3) is 0 Å². The molecule has 0 aromatic rings. The van der Waals surface area contributed by atoms with E-state index in [0.717, 1.165) is 122 Å². The second-order valence-electron chi connectivity index (χ2n) is 18.2. The van der Waals surface area contributed by atoms with Gasteiger partial charge in [-0.1, -0.05) is 250 Å². The number of carbonyl (C=O) groups is 2. The van der Waals surface area contributed by atoms with Gasteiger partial charge in [0.1, 0.15) is 6.61 Å². The van der Waals surface area contributed by atoms with Gasteiger partial charge in [0.05, 0.1) is 6.61 Å². The predicted molar refractivity (Wildman–Crippen MR) is 306 cm³/mol.